The molecule has 2 aromatic rings. The lowest BCUT2D eigenvalue weighted by Crippen LogP contribution is -2.36. The Morgan fingerprint density at radius 2 is 2.00 bits per heavy atom. The summed E-state index contributed by atoms with van der Waals surface area (Å²) in [5.41, 5.74) is 1.32. The average Bonchev–Trinajstić information content (AvgIpc) is 3.37. The molecule has 2 saturated heterocycles. The summed E-state index contributed by atoms with van der Waals surface area (Å²) in [5.74, 6) is -0.178. The molecule has 0 saturated carbocycles. The van der Waals surface area contributed by atoms with Gasteiger partial charge in [-0.1, -0.05) is 18.2 Å². The Bertz CT molecular complexity index is 906. The van der Waals surface area contributed by atoms with E-state index in [2.05, 4.69) is 15.2 Å². The van der Waals surface area contributed by atoms with E-state index in [1.807, 2.05) is 56.5 Å². The first kappa shape index (κ1) is 21.0. The molecule has 30 heavy (non-hydrogen) atoms. The fraction of sp³-hybridized carbons (Fsp3) is 0.522. The fourth-order valence-corrected chi connectivity index (χ4v) is 5.32. The van der Waals surface area contributed by atoms with Crippen LogP contribution in [0, 0.1) is 5.92 Å². The molecule has 160 valence electrons. The van der Waals surface area contributed by atoms with Crippen LogP contribution in [0.25, 0.3) is 0 Å². The fourth-order valence-electron chi connectivity index (χ4n) is 4.53. The standard InChI is InChI=1S/C23H29N3O3S/c1-23(2,3)29-22(28)18-11-17-9-10-19(18)26(17)13-16-14-30-21(25-16)12-20(27)24-15-7-5-4-6-8-15/h4-8,14,17-19H,9-13H2,1-3H3,(H,24,27)/t17-,18+,19-/m1/s1. The first-order valence-corrected chi connectivity index (χ1v) is 11.4. The molecule has 0 radical (unpaired) electrons. The highest BCUT2D eigenvalue weighted by atomic mass is 32.1. The van der Waals surface area contributed by atoms with E-state index in [0.717, 1.165) is 42.2 Å². The average molecular weight is 428 g/mol. The van der Waals surface area contributed by atoms with Crippen molar-refractivity contribution in [2.45, 2.75) is 70.7 Å². The molecule has 2 aliphatic heterocycles. The van der Waals surface area contributed by atoms with Crippen molar-refractivity contribution in [2.75, 3.05) is 5.32 Å². The molecule has 1 aromatic heterocycles. The van der Waals surface area contributed by atoms with Crippen LogP contribution in [0.4, 0.5) is 5.69 Å². The van der Waals surface area contributed by atoms with Gasteiger partial charge in [-0.3, -0.25) is 14.5 Å². The Morgan fingerprint density at radius 1 is 1.23 bits per heavy atom. The first-order chi connectivity index (χ1) is 14.3. The zero-order chi connectivity index (χ0) is 21.3. The Hall–Kier alpha value is -2.25. The first-order valence-electron chi connectivity index (χ1n) is 10.6. The highest BCUT2D eigenvalue weighted by Crippen LogP contribution is 2.43. The van der Waals surface area contributed by atoms with Crippen LogP contribution in [-0.2, 0) is 27.3 Å². The highest BCUT2D eigenvalue weighted by molar-refractivity contribution is 7.09. The molecule has 1 amide bonds. The molecule has 2 bridgehead atoms. The van der Waals surface area contributed by atoms with Gasteiger partial charge in [-0.05, 0) is 52.2 Å². The Morgan fingerprint density at radius 3 is 2.73 bits per heavy atom. The van der Waals surface area contributed by atoms with Gasteiger partial charge in [-0.25, -0.2) is 4.98 Å². The molecular formula is C23H29N3O3S. The lowest BCUT2D eigenvalue weighted by atomic mass is 9.89. The summed E-state index contributed by atoms with van der Waals surface area (Å²) >= 11 is 1.52. The molecular weight excluding hydrogens is 398 g/mol. The number of fused-ring (bicyclic) bond motifs is 2. The molecule has 2 fully saturated rings. The van der Waals surface area contributed by atoms with Crippen molar-refractivity contribution in [2.24, 2.45) is 5.92 Å². The number of amides is 1. The van der Waals surface area contributed by atoms with Gasteiger partial charge >= 0.3 is 5.97 Å². The number of nitrogens with one attached hydrogen (secondary N) is 1. The third-order valence-electron chi connectivity index (χ3n) is 5.70. The number of hydrogen-bond donors (Lipinski definition) is 1. The lowest BCUT2D eigenvalue weighted by Gasteiger charge is -2.26. The molecule has 3 atom stereocenters. The molecule has 0 aliphatic carbocycles. The maximum absolute atomic E-state index is 12.6. The van der Waals surface area contributed by atoms with E-state index in [0.29, 0.717) is 6.04 Å². The topological polar surface area (TPSA) is 71.5 Å². The third-order valence-corrected chi connectivity index (χ3v) is 6.60. The summed E-state index contributed by atoms with van der Waals surface area (Å²) in [5, 5.41) is 5.75. The second kappa shape index (κ2) is 8.47. The van der Waals surface area contributed by atoms with Gasteiger partial charge < -0.3 is 10.1 Å². The van der Waals surface area contributed by atoms with E-state index >= 15 is 0 Å². The van der Waals surface area contributed by atoms with Crippen LogP contribution in [0.5, 0.6) is 0 Å². The maximum atomic E-state index is 12.6. The molecule has 0 spiro atoms. The summed E-state index contributed by atoms with van der Waals surface area (Å²) in [6.07, 6.45) is 3.30. The van der Waals surface area contributed by atoms with E-state index in [1.165, 1.54) is 11.3 Å². The van der Waals surface area contributed by atoms with E-state index in [9.17, 15) is 9.59 Å². The predicted octanol–water partition coefficient (Wildman–Crippen LogP) is 4.02. The van der Waals surface area contributed by atoms with Crippen LogP contribution >= 0.6 is 11.3 Å². The van der Waals surface area contributed by atoms with Crippen molar-refractivity contribution in [3.05, 3.63) is 46.4 Å². The van der Waals surface area contributed by atoms with E-state index in [-0.39, 0.29) is 30.3 Å². The van der Waals surface area contributed by atoms with Crippen molar-refractivity contribution in [1.82, 2.24) is 9.88 Å². The summed E-state index contributed by atoms with van der Waals surface area (Å²) in [6, 6.07) is 10.1. The van der Waals surface area contributed by atoms with Gasteiger partial charge in [0.25, 0.3) is 0 Å². The molecule has 2 aliphatic rings. The summed E-state index contributed by atoms with van der Waals surface area (Å²) in [7, 11) is 0. The predicted molar refractivity (Wildman–Crippen MR) is 117 cm³/mol. The van der Waals surface area contributed by atoms with Crippen molar-refractivity contribution in [1.29, 1.82) is 0 Å². The summed E-state index contributed by atoms with van der Waals surface area (Å²) in [6.45, 7) is 6.48. The molecule has 4 rings (SSSR count). The second-order valence-corrected chi connectivity index (χ2v) is 10.1. The Kier molecular flexibility index (Phi) is 5.93. The number of ether oxygens (including phenoxy) is 1. The molecule has 7 heteroatoms. The number of rotatable bonds is 6. The van der Waals surface area contributed by atoms with Gasteiger partial charge in [0.1, 0.15) is 10.6 Å². The van der Waals surface area contributed by atoms with Crippen LogP contribution in [0.1, 0.15) is 50.7 Å². The van der Waals surface area contributed by atoms with E-state index in [4.69, 9.17) is 4.74 Å². The van der Waals surface area contributed by atoms with Gasteiger partial charge in [0, 0.05) is 29.7 Å². The SMILES string of the molecule is CC(C)(C)OC(=O)[C@H]1C[C@H]2CC[C@H]1N2Cc1csc(CC(=O)Nc2ccccc2)n1. The van der Waals surface area contributed by atoms with Crippen LogP contribution < -0.4 is 5.32 Å². The Labute approximate surface area is 181 Å². The number of esters is 1. The second-order valence-electron chi connectivity index (χ2n) is 9.17. The number of nitrogens with zero attached hydrogens (tertiary/aromatic N) is 2. The van der Waals surface area contributed by atoms with Crippen LogP contribution in [-0.4, -0.2) is 39.4 Å². The number of benzene rings is 1. The van der Waals surface area contributed by atoms with Gasteiger partial charge in [-0.15, -0.1) is 11.3 Å². The number of carbonyl (C=O) groups excluding carboxylic acids is 2. The number of carbonyl (C=O) groups is 2. The van der Waals surface area contributed by atoms with Gasteiger partial charge in [0.05, 0.1) is 18.0 Å². The largest absolute Gasteiger partial charge is 0.460 e. The van der Waals surface area contributed by atoms with Crippen molar-refractivity contribution >= 4 is 28.9 Å². The monoisotopic (exact) mass is 427 g/mol. The van der Waals surface area contributed by atoms with Crippen molar-refractivity contribution in [3.63, 3.8) is 0 Å². The third kappa shape index (κ3) is 4.90. The summed E-state index contributed by atoms with van der Waals surface area (Å²) in [4.78, 5) is 32.0. The zero-order valence-electron chi connectivity index (χ0n) is 17.8. The quantitative estimate of drug-likeness (QED) is 0.705. The van der Waals surface area contributed by atoms with Gasteiger partial charge in [0.2, 0.25) is 5.91 Å². The minimum atomic E-state index is -0.451. The number of hydrogen-bond acceptors (Lipinski definition) is 6. The summed E-state index contributed by atoms with van der Waals surface area (Å²) < 4.78 is 5.65. The van der Waals surface area contributed by atoms with Crippen molar-refractivity contribution < 1.29 is 14.3 Å². The highest BCUT2D eigenvalue weighted by Gasteiger charge is 2.50. The maximum Gasteiger partial charge on any atom is 0.311 e. The molecule has 1 aromatic carbocycles. The molecule has 3 heterocycles. The molecule has 1 N–H and O–H groups in total. The minimum Gasteiger partial charge on any atom is -0.460 e. The minimum absolute atomic E-state index is 0.0438. The van der Waals surface area contributed by atoms with Gasteiger partial charge in [-0.2, -0.15) is 0 Å². The zero-order valence-corrected chi connectivity index (χ0v) is 18.6. The number of aromatic nitrogens is 1. The van der Waals surface area contributed by atoms with Crippen molar-refractivity contribution in [3.8, 4) is 0 Å². The molecule has 6 nitrogen and oxygen atoms in total. The molecule has 0 unspecified atom stereocenters. The van der Waals surface area contributed by atoms with E-state index in [1.54, 1.807) is 0 Å². The van der Waals surface area contributed by atoms with Gasteiger partial charge in [0.15, 0.2) is 0 Å². The number of anilines is 1. The number of thiazole rings is 1. The Balaban J connectivity index is 1.34. The number of para-hydroxylation sites is 1. The van der Waals surface area contributed by atoms with Crippen LogP contribution in [0.3, 0.4) is 0 Å². The normalized spacial score (nSPS) is 23.5. The lowest BCUT2D eigenvalue weighted by molar-refractivity contribution is -0.161. The van der Waals surface area contributed by atoms with E-state index < -0.39 is 5.60 Å². The smallest absolute Gasteiger partial charge is 0.311 e. The van der Waals surface area contributed by atoms with Crippen LogP contribution in [0.2, 0.25) is 0 Å². The van der Waals surface area contributed by atoms with Crippen LogP contribution in [0.15, 0.2) is 35.7 Å².